The van der Waals surface area contributed by atoms with Crippen molar-refractivity contribution in [1.82, 2.24) is 4.90 Å². The molecule has 0 bridgehead atoms. The molecule has 0 N–H and O–H groups in total. The summed E-state index contributed by atoms with van der Waals surface area (Å²) in [6.45, 7) is 1.70. The highest BCUT2D eigenvalue weighted by molar-refractivity contribution is 7.99. The zero-order valence-electron chi connectivity index (χ0n) is 11.6. The highest BCUT2D eigenvalue weighted by Gasteiger charge is 2.21. The van der Waals surface area contributed by atoms with Gasteiger partial charge in [-0.1, -0.05) is 12.1 Å². The number of carbonyl (C=O) groups excluding carboxylic acids is 1. The van der Waals surface area contributed by atoms with E-state index < -0.39 is 0 Å². The van der Waals surface area contributed by atoms with Crippen LogP contribution in [0.25, 0.3) is 6.08 Å². The molecule has 2 nitrogen and oxygen atoms in total. The first-order chi connectivity index (χ1) is 10.3. The summed E-state index contributed by atoms with van der Waals surface area (Å²) in [7, 11) is 0. The predicted molar refractivity (Wildman–Crippen MR) is 94.1 cm³/mol. The molecule has 0 radical (unpaired) electrons. The third-order valence-corrected chi connectivity index (χ3v) is 6.73. The smallest absolute Gasteiger partial charge is 0.246 e. The maximum absolute atomic E-state index is 12.3. The molecule has 1 saturated heterocycles. The minimum Gasteiger partial charge on any atom is -0.338 e. The first kappa shape index (κ1) is 14.9. The number of hydrogen-bond donors (Lipinski definition) is 0. The van der Waals surface area contributed by atoms with Gasteiger partial charge in [-0.15, -0.1) is 22.7 Å². The molecular formula is C16H17NOS3. The molecule has 1 atom stereocenters. The lowest BCUT2D eigenvalue weighted by Gasteiger charge is -2.18. The van der Waals surface area contributed by atoms with E-state index in [0.29, 0.717) is 5.25 Å². The normalized spacial score (nSPS) is 19.8. The molecule has 3 rings (SSSR count). The van der Waals surface area contributed by atoms with Gasteiger partial charge < -0.3 is 4.90 Å². The molecular weight excluding hydrogens is 318 g/mol. The molecule has 1 aliphatic heterocycles. The zero-order valence-corrected chi connectivity index (χ0v) is 14.1. The van der Waals surface area contributed by atoms with E-state index in [4.69, 9.17) is 0 Å². The Morgan fingerprint density at radius 2 is 2.05 bits per heavy atom. The molecule has 3 heterocycles. The van der Waals surface area contributed by atoms with Crippen LogP contribution in [0, 0.1) is 0 Å². The lowest BCUT2D eigenvalue weighted by Crippen LogP contribution is -2.31. The molecule has 2 aromatic rings. The van der Waals surface area contributed by atoms with E-state index in [2.05, 4.69) is 17.5 Å². The number of thioether (sulfide) groups is 1. The fraction of sp³-hybridized carbons (Fsp3) is 0.312. The third-order valence-electron chi connectivity index (χ3n) is 3.45. The van der Waals surface area contributed by atoms with Gasteiger partial charge in [0.05, 0.1) is 0 Å². The topological polar surface area (TPSA) is 20.3 Å². The molecule has 5 heteroatoms. The third kappa shape index (κ3) is 3.99. The Bertz CT molecular complexity index is 589. The van der Waals surface area contributed by atoms with E-state index in [9.17, 15) is 4.79 Å². The number of amides is 1. The van der Waals surface area contributed by atoms with Crippen LogP contribution in [0.4, 0.5) is 0 Å². The van der Waals surface area contributed by atoms with Gasteiger partial charge in [0.15, 0.2) is 0 Å². The molecule has 1 unspecified atom stereocenters. The molecule has 0 aromatic carbocycles. The lowest BCUT2D eigenvalue weighted by atomic mass is 10.2. The predicted octanol–water partition coefficient (Wildman–Crippen LogP) is 4.53. The highest BCUT2D eigenvalue weighted by atomic mass is 32.2. The van der Waals surface area contributed by atoms with E-state index >= 15 is 0 Å². The van der Waals surface area contributed by atoms with E-state index in [0.717, 1.165) is 30.1 Å². The van der Waals surface area contributed by atoms with Gasteiger partial charge in [0.25, 0.3) is 0 Å². The molecule has 0 saturated carbocycles. The number of nitrogens with zero attached hydrogens (tertiary/aromatic N) is 1. The van der Waals surface area contributed by atoms with Gasteiger partial charge in [-0.2, -0.15) is 11.8 Å². The molecule has 1 aliphatic rings. The van der Waals surface area contributed by atoms with Crippen LogP contribution in [-0.4, -0.2) is 29.6 Å². The summed E-state index contributed by atoms with van der Waals surface area (Å²) < 4.78 is 0. The number of thiophene rings is 2. The van der Waals surface area contributed by atoms with Crippen molar-refractivity contribution >= 4 is 46.4 Å². The Labute approximate surface area is 137 Å². The minimum absolute atomic E-state index is 0.135. The van der Waals surface area contributed by atoms with Crippen molar-refractivity contribution in [1.29, 1.82) is 0 Å². The summed E-state index contributed by atoms with van der Waals surface area (Å²) in [5.41, 5.74) is 0. The van der Waals surface area contributed by atoms with Crippen LogP contribution in [0.5, 0.6) is 0 Å². The Morgan fingerprint density at radius 1 is 1.19 bits per heavy atom. The summed E-state index contributed by atoms with van der Waals surface area (Å²) in [6, 6.07) is 8.34. The maximum Gasteiger partial charge on any atom is 0.246 e. The zero-order chi connectivity index (χ0) is 14.5. The van der Waals surface area contributed by atoms with Crippen molar-refractivity contribution in [3.8, 4) is 0 Å². The van der Waals surface area contributed by atoms with Crippen LogP contribution >= 0.6 is 34.4 Å². The van der Waals surface area contributed by atoms with Crippen molar-refractivity contribution in [2.24, 2.45) is 0 Å². The molecule has 110 valence electrons. The van der Waals surface area contributed by atoms with Crippen molar-refractivity contribution in [2.75, 3.05) is 18.8 Å². The van der Waals surface area contributed by atoms with Gasteiger partial charge in [-0.25, -0.2) is 0 Å². The maximum atomic E-state index is 12.3. The summed E-state index contributed by atoms with van der Waals surface area (Å²) in [5.74, 6) is 1.15. The van der Waals surface area contributed by atoms with Crippen molar-refractivity contribution in [2.45, 2.75) is 11.7 Å². The Balaban J connectivity index is 1.58. The average Bonchev–Trinajstić information content (AvgIpc) is 3.15. The molecule has 1 amide bonds. The summed E-state index contributed by atoms with van der Waals surface area (Å²) in [6.07, 6.45) is 4.67. The summed E-state index contributed by atoms with van der Waals surface area (Å²) in [4.78, 5) is 16.8. The highest BCUT2D eigenvalue weighted by Crippen LogP contribution is 2.36. The van der Waals surface area contributed by atoms with Gasteiger partial charge in [0, 0.05) is 39.9 Å². The van der Waals surface area contributed by atoms with Crippen LogP contribution in [0.15, 0.2) is 41.1 Å². The van der Waals surface area contributed by atoms with Crippen molar-refractivity contribution < 1.29 is 4.79 Å². The first-order valence-electron chi connectivity index (χ1n) is 6.98. The fourth-order valence-electron chi connectivity index (χ4n) is 2.34. The van der Waals surface area contributed by atoms with E-state index in [-0.39, 0.29) is 5.91 Å². The van der Waals surface area contributed by atoms with Crippen LogP contribution in [-0.2, 0) is 4.79 Å². The summed E-state index contributed by atoms with van der Waals surface area (Å²) in [5, 5.41) is 4.70. The molecule has 21 heavy (non-hydrogen) atoms. The van der Waals surface area contributed by atoms with Crippen LogP contribution in [0.2, 0.25) is 0 Å². The van der Waals surface area contributed by atoms with E-state index in [1.807, 2.05) is 51.6 Å². The largest absolute Gasteiger partial charge is 0.338 e. The van der Waals surface area contributed by atoms with Crippen LogP contribution in [0.3, 0.4) is 0 Å². The molecule has 0 spiro atoms. The number of hydrogen-bond acceptors (Lipinski definition) is 4. The molecule has 0 aliphatic carbocycles. The lowest BCUT2D eigenvalue weighted by molar-refractivity contribution is -0.125. The van der Waals surface area contributed by atoms with Crippen LogP contribution < -0.4 is 0 Å². The second kappa shape index (κ2) is 7.29. The Hall–Kier alpha value is -1.04. The van der Waals surface area contributed by atoms with Crippen molar-refractivity contribution in [3.05, 3.63) is 50.9 Å². The second-order valence-electron chi connectivity index (χ2n) is 4.84. The Kier molecular flexibility index (Phi) is 5.17. The second-order valence-corrected chi connectivity index (χ2v) is 8.11. The van der Waals surface area contributed by atoms with Crippen LogP contribution in [0.1, 0.15) is 21.4 Å². The van der Waals surface area contributed by atoms with Gasteiger partial charge >= 0.3 is 0 Å². The number of rotatable bonds is 3. The van der Waals surface area contributed by atoms with Crippen molar-refractivity contribution in [3.63, 3.8) is 0 Å². The fourth-order valence-corrected chi connectivity index (χ4v) is 5.19. The standard InChI is InChI=1S/C16H17NOS3/c18-16(6-5-13-3-1-10-19-13)17-8-7-15(21-12-9-17)14-4-2-11-20-14/h1-6,10-11,15H,7-9,12H2/b6-5+. The molecule has 1 fully saturated rings. The SMILES string of the molecule is O=C(/C=C/c1cccs1)N1CCSC(c2cccs2)CC1. The quantitative estimate of drug-likeness (QED) is 0.768. The van der Waals surface area contributed by atoms with Gasteiger partial charge in [0.1, 0.15) is 0 Å². The van der Waals surface area contributed by atoms with E-state index in [1.165, 1.54) is 4.88 Å². The monoisotopic (exact) mass is 335 g/mol. The average molecular weight is 336 g/mol. The van der Waals surface area contributed by atoms with Gasteiger partial charge in [0.2, 0.25) is 5.91 Å². The Morgan fingerprint density at radius 3 is 2.81 bits per heavy atom. The first-order valence-corrected chi connectivity index (χ1v) is 9.79. The molecule has 2 aromatic heterocycles. The minimum atomic E-state index is 0.135. The van der Waals surface area contributed by atoms with Gasteiger partial charge in [-0.05, 0) is 35.4 Å². The van der Waals surface area contributed by atoms with Gasteiger partial charge in [-0.3, -0.25) is 4.79 Å². The summed E-state index contributed by atoms with van der Waals surface area (Å²) >= 11 is 5.45. The number of carbonyl (C=O) groups is 1. The van der Waals surface area contributed by atoms with E-state index in [1.54, 1.807) is 17.4 Å².